The lowest BCUT2D eigenvalue weighted by Crippen LogP contribution is -2.46. The lowest BCUT2D eigenvalue weighted by Gasteiger charge is -2.35. The number of carbonyl (C=O) groups excluding carboxylic acids is 1. The summed E-state index contributed by atoms with van der Waals surface area (Å²) >= 11 is 0. The summed E-state index contributed by atoms with van der Waals surface area (Å²) in [6.45, 7) is 8.83. The third kappa shape index (κ3) is 5.93. The Labute approximate surface area is 188 Å². The van der Waals surface area contributed by atoms with Gasteiger partial charge in [-0.25, -0.2) is 9.97 Å². The Morgan fingerprint density at radius 1 is 1.09 bits per heavy atom. The highest BCUT2D eigenvalue weighted by Gasteiger charge is 2.19. The fourth-order valence-corrected chi connectivity index (χ4v) is 3.57. The van der Waals surface area contributed by atoms with Gasteiger partial charge in [-0.05, 0) is 31.5 Å². The molecule has 0 bridgehead atoms. The van der Waals surface area contributed by atoms with Crippen LogP contribution in [0.3, 0.4) is 0 Å². The minimum Gasteiger partial charge on any atom is -0.453 e. The molecule has 3 aromatic rings. The summed E-state index contributed by atoms with van der Waals surface area (Å²) < 4.78 is 11.1. The van der Waals surface area contributed by atoms with E-state index >= 15 is 0 Å². The molecule has 1 N–H and O–H groups in total. The molecule has 0 saturated carbocycles. The molecular weight excluding hydrogens is 406 g/mol. The van der Waals surface area contributed by atoms with Crippen LogP contribution in [0.15, 0.2) is 59.3 Å². The fraction of sp³-hybridized carbons (Fsp3) is 0.375. The van der Waals surface area contributed by atoms with Crippen molar-refractivity contribution in [3.8, 4) is 0 Å². The first kappa shape index (κ1) is 22.0. The first-order valence-electron chi connectivity index (χ1n) is 10.9. The molecule has 0 spiro atoms. The number of nitrogens with one attached hydrogen (secondary N) is 1. The van der Waals surface area contributed by atoms with E-state index in [9.17, 15) is 4.79 Å². The maximum absolute atomic E-state index is 12.5. The molecule has 0 atom stereocenters. The number of ether oxygens (including phenoxy) is 1. The van der Waals surface area contributed by atoms with Gasteiger partial charge in [0.1, 0.15) is 30.3 Å². The second-order valence-electron chi connectivity index (χ2n) is 8.09. The van der Waals surface area contributed by atoms with Gasteiger partial charge in [-0.2, -0.15) is 0 Å². The molecule has 8 heteroatoms. The lowest BCUT2D eigenvalue weighted by atomic mass is 10.2. The van der Waals surface area contributed by atoms with Crippen molar-refractivity contribution in [1.82, 2.24) is 14.9 Å². The van der Waals surface area contributed by atoms with Crippen LogP contribution in [-0.4, -0.2) is 53.1 Å². The summed E-state index contributed by atoms with van der Waals surface area (Å²) in [5.41, 5.74) is 1.32. The van der Waals surface area contributed by atoms with Gasteiger partial charge in [-0.3, -0.25) is 9.69 Å². The number of hydrogen-bond acceptors (Lipinski definition) is 7. The highest BCUT2D eigenvalue weighted by atomic mass is 16.5. The van der Waals surface area contributed by atoms with Crippen LogP contribution in [-0.2, 0) is 17.9 Å². The molecule has 1 aromatic carbocycles. The zero-order chi connectivity index (χ0) is 22.3. The summed E-state index contributed by atoms with van der Waals surface area (Å²) in [6.07, 6.45) is 1.57. The Bertz CT molecular complexity index is 1010. The van der Waals surface area contributed by atoms with Gasteiger partial charge >= 0.3 is 0 Å². The molecule has 1 aliphatic rings. The second kappa shape index (κ2) is 10.4. The molecule has 1 amide bonds. The fourth-order valence-electron chi connectivity index (χ4n) is 3.57. The largest absolute Gasteiger partial charge is 0.453 e. The van der Waals surface area contributed by atoms with E-state index in [0.29, 0.717) is 18.2 Å². The Morgan fingerprint density at radius 3 is 2.62 bits per heavy atom. The number of anilines is 2. The molecule has 0 aliphatic carbocycles. The van der Waals surface area contributed by atoms with E-state index in [-0.39, 0.29) is 17.8 Å². The van der Waals surface area contributed by atoms with E-state index in [1.807, 2.05) is 19.9 Å². The summed E-state index contributed by atoms with van der Waals surface area (Å²) in [5, 5.41) is 2.80. The lowest BCUT2D eigenvalue weighted by molar-refractivity contribution is 0.0537. The van der Waals surface area contributed by atoms with Crippen molar-refractivity contribution in [3.63, 3.8) is 0 Å². The summed E-state index contributed by atoms with van der Waals surface area (Å²) in [4.78, 5) is 25.8. The molecule has 168 valence electrons. The molecule has 2 aromatic heterocycles. The van der Waals surface area contributed by atoms with Crippen molar-refractivity contribution in [2.75, 3.05) is 36.4 Å². The molecule has 3 heterocycles. The van der Waals surface area contributed by atoms with E-state index in [1.165, 1.54) is 11.9 Å². The Hall–Kier alpha value is -3.23. The zero-order valence-electron chi connectivity index (χ0n) is 18.5. The smallest absolute Gasteiger partial charge is 0.292 e. The van der Waals surface area contributed by atoms with Crippen molar-refractivity contribution in [1.29, 1.82) is 0 Å². The van der Waals surface area contributed by atoms with Gasteiger partial charge < -0.3 is 19.4 Å². The number of hydrogen-bond donors (Lipinski definition) is 1. The Balaban J connectivity index is 1.31. The van der Waals surface area contributed by atoms with Crippen LogP contribution in [0.2, 0.25) is 0 Å². The second-order valence-corrected chi connectivity index (χ2v) is 8.09. The normalized spacial score (nSPS) is 14.7. The van der Waals surface area contributed by atoms with Crippen LogP contribution in [0, 0.1) is 0 Å². The van der Waals surface area contributed by atoms with Gasteiger partial charge in [0.15, 0.2) is 5.76 Å². The number of carbonyl (C=O) groups is 1. The minimum absolute atomic E-state index is 0.0945. The van der Waals surface area contributed by atoms with E-state index in [1.54, 1.807) is 18.2 Å². The first-order chi connectivity index (χ1) is 15.6. The molecule has 0 unspecified atom stereocenters. The van der Waals surface area contributed by atoms with Crippen LogP contribution in [0.4, 0.5) is 11.6 Å². The van der Waals surface area contributed by atoms with Crippen molar-refractivity contribution >= 4 is 17.5 Å². The summed E-state index contributed by atoms with van der Waals surface area (Å²) in [6, 6.07) is 15.7. The number of piperazine rings is 1. The quantitative estimate of drug-likeness (QED) is 0.579. The third-order valence-corrected chi connectivity index (χ3v) is 5.28. The minimum atomic E-state index is -0.349. The van der Waals surface area contributed by atoms with Gasteiger partial charge in [-0.1, -0.05) is 30.3 Å². The number of benzene rings is 1. The predicted molar refractivity (Wildman–Crippen MR) is 123 cm³/mol. The van der Waals surface area contributed by atoms with Gasteiger partial charge in [0.2, 0.25) is 0 Å². The molecule has 32 heavy (non-hydrogen) atoms. The van der Waals surface area contributed by atoms with Crippen LogP contribution in [0.1, 0.15) is 35.7 Å². The van der Waals surface area contributed by atoms with Crippen molar-refractivity contribution in [2.45, 2.75) is 33.1 Å². The maximum atomic E-state index is 12.5. The predicted octanol–water partition coefficient (Wildman–Crippen LogP) is 3.57. The van der Waals surface area contributed by atoms with Gasteiger partial charge in [0.25, 0.3) is 5.91 Å². The number of rotatable bonds is 8. The van der Waals surface area contributed by atoms with Crippen molar-refractivity contribution in [3.05, 3.63) is 71.9 Å². The van der Waals surface area contributed by atoms with Crippen LogP contribution in [0.5, 0.6) is 0 Å². The van der Waals surface area contributed by atoms with Gasteiger partial charge in [-0.15, -0.1) is 0 Å². The van der Waals surface area contributed by atoms with E-state index in [4.69, 9.17) is 9.15 Å². The molecule has 1 saturated heterocycles. The number of aromatic nitrogens is 2. The molecule has 0 radical (unpaired) electrons. The standard InChI is InChI=1S/C24H29N5O3/c1-18(2)31-16-20-8-9-21(32-20)24(30)27-22-14-23(26-17-25-22)29-12-10-28(11-13-29)15-19-6-4-3-5-7-19/h3-9,14,17-18H,10-13,15-16H2,1-2H3,(H,25,26,27,30). The van der Waals surface area contributed by atoms with Gasteiger partial charge in [0.05, 0.1) is 6.10 Å². The van der Waals surface area contributed by atoms with Crippen LogP contribution in [0.25, 0.3) is 0 Å². The van der Waals surface area contributed by atoms with Crippen LogP contribution < -0.4 is 10.2 Å². The molecule has 8 nitrogen and oxygen atoms in total. The first-order valence-corrected chi connectivity index (χ1v) is 10.9. The molecule has 4 rings (SSSR count). The molecule has 1 fully saturated rings. The highest BCUT2D eigenvalue weighted by Crippen LogP contribution is 2.18. The Kier molecular flexibility index (Phi) is 7.14. The number of amides is 1. The molecular formula is C24H29N5O3. The molecule has 1 aliphatic heterocycles. The average Bonchev–Trinajstić information content (AvgIpc) is 3.28. The summed E-state index contributed by atoms with van der Waals surface area (Å²) in [7, 11) is 0. The zero-order valence-corrected chi connectivity index (χ0v) is 18.5. The Morgan fingerprint density at radius 2 is 1.88 bits per heavy atom. The SMILES string of the molecule is CC(C)OCc1ccc(C(=O)Nc2cc(N3CCN(Cc4ccccc4)CC3)ncn2)o1. The number of furan rings is 1. The monoisotopic (exact) mass is 435 g/mol. The topological polar surface area (TPSA) is 83.7 Å². The highest BCUT2D eigenvalue weighted by molar-refractivity contribution is 6.01. The van der Waals surface area contributed by atoms with Crippen molar-refractivity contribution in [2.24, 2.45) is 0 Å². The van der Waals surface area contributed by atoms with Crippen molar-refractivity contribution < 1.29 is 13.9 Å². The maximum Gasteiger partial charge on any atom is 0.292 e. The summed E-state index contributed by atoms with van der Waals surface area (Å²) in [5.74, 6) is 1.74. The average molecular weight is 436 g/mol. The van der Waals surface area contributed by atoms with E-state index in [0.717, 1.165) is 38.5 Å². The number of nitrogens with zero attached hydrogens (tertiary/aromatic N) is 4. The van der Waals surface area contributed by atoms with E-state index in [2.05, 4.69) is 49.4 Å². The third-order valence-electron chi connectivity index (χ3n) is 5.28. The van der Waals surface area contributed by atoms with E-state index < -0.39 is 0 Å². The van der Waals surface area contributed by atoms with Gasteiger partial charge in [0, 0.05) is 38.8 Å². The van der Waals surface area contributed by atoms with Crippen LogP contribution >= 0.6 is 0 Å².